The van der Waals surface area contributed by atoms with Crippen molar-refractivity contribution < 1.29 is 17.9 Å². The summed E-state index contributed by atoms with van der Waals surface area (Å²) in [5, 5.41) is 8.37. The number of nitrogens with one attached hydrogen (secondary N) is 2. The van der Waals surface area contributed by atoms with Gasteiger partial charge in [0.2, 0.25) is 0 Å². The molecule has 1 fully saturated rings. The van der Waals surface area contributed by atoms with E-state index < -0.39 is 11.9 Å². The van der Waals surface area contributed by atoms with Gasteiger partial charge in [-0.25, -0.2) is 4.98 Å². The Kier molecular flexibility index (Phi) is 7.02. The van der Waals surface area contributed by atoms with Gasteiger partial charge in [0.15, 0.2) is 11.7 Å². The fraction of sp³-hybridized carbons (Fsp3) is 0.474. The molecule has 2 N–H and O–H groups in total. The number of aromatic nitrogens is 1. The molecule has 1 saturated heterocycles. The van der Waals surface area contributed by atoms with Crippen LogP contribution in [0, 0.1) is 0 Å². The molecule has 10 heteroatoms. The van der Waals surface area contributed by atoms with Crippen LogP contribution in [0.1, 0.15) is 29.1 Å². The van der Waals surface area contributed by atoms with Crippen molar-refractivity contribution in [2.75, 3.05) is 26.8 Å². The van der Waals surface area contributed by atoms with E-state index in [0.29, 0.717) is 35.7 Å². The number of hydrogen-bond donors (Lipinski definition) is 2. The van der Waals surface area contributed by atoms with Crippen molar-refractivity contribution in [2.24, 2.45) is 4.99 Å². The smallest absolute Gasteiger partial charge is 0.381 e. The summed E-state index contributed by atoms with van der Waals surface area (Å²) in [6.07, 6.45) is -2.77. The van der Waals surface area contributed by atoms with Crippen LogP contribution in [0.15, 0.2) is 34.6 Å². The van der Waals surface area contributed by atoms with E-state index in [0.717, 1.165) is 35.1 Å². The quantitative estimate of drug-likeness (QED) is 0.533. The zero-order valence-corrected chi connectivity index (χ0v) is 17.4. The number of halogens is 4. The van der Waals surface area contributed by atoms with Crippen molar-refractivity contribution in [1.82, 2.24) is 15.6 Å². The van der Waals surface area contributed by atoms with Crippen LogP contribution < -0.4 is 10.6 Å². The molecule has 0 radical (unpaired) electrons. The molecule has 0 spiro atoms. The predicted octanol–water partition coefficient (Wildman–Crippen LogP) is 4.23. The van der Waals surface area contributed by atoms with E-state index in [1.165, 1.54) is 0 Å². The number of rotatable bonds is 5. The minimum Gasteiger partial charge on any atom is -0.381 e. The molecular formula is C19H22ClF3N4OS. The van der Waals surface area contributed by atoms with Crippen molar-refractivity contribution in [1.29, 1.82) is 0 Å². The average molecular weight is 447 g/mol. The van der Waals surface area contributed by atoms with Gasteiger partial charge in [0.25, 0.3) is 0 Å². The van der Waals surface area contributed by atoms with E-state index in [2.05, 4.69) is 26.7 Å². The number of nitrogens with zero attached hydrogens (tertiary/aromatic N) is 2. The first kappa shape index (κ1) is 21.9. The monoisotopic (exact) mass is 446 g/mol. The molecule has 5 nitrogen and oxygen atoms in total. The van der Waals surface area contributed by atoms with Crippen LogP contribution >= 0.6 is 22.9 Å². The minimum absolute atomic E-state index is 0.160. The summed E-state index contributed by atoms with van der Waals surface area (Å²) in [5.74, 6) is 0.502. The van der Waals surface area contributed by atoms with E-state index in [1.54, 1.807) is 7.05 Å². The normalized spacial score (nSPS) is 17.2. The first-order valence-corrected chi connectivity index (χ1v) is 10.4. The van der Waals surface area contributed by atoms with Gasteiger partial charge in [-0.3, -0.25) is 4.99 Å². The van der Waals surface area contributed by atoms with Gasteiger partial charge in [0.05, 0.1) is 6.54 Å². The Hall–Kier alpha value is -1.84. The van der Waals surface area contributed by atoms with Crippen LogP contribution in [0.4, 0.5) is 13.2 Å². The highest BCUT2D eigenvalue weighted by Gasteiger charge is 2.35. The maximum Gasteiger partial charge on any atom is 0.434 e. The Bertz CT molecular complexity index is 850. The second-order valence-corrected chi connectivity index (χ2v) is 8.19. The molecule has 1 aliphatic rings. The molecular weight excluding hydrogens is 425 g/mol. The lowest BCUT2D eigenvalue weighted by Crippen LogP contribution is -2.47. The average Bonchev–Trinajstić information content (AvgIpc) is 3.18. The molecule has 0 amide bonds. The third-order valence-corrected chi connectivity index (χ3v) is 6.04. The number of benzene rings is 1. The lowest BCUT2D eigenvalue weighted by Gasteiger charge is -2.38. The zero-order chi connectivity index (χ0) is 20.9. The molecule has 1 aromatic carbocycles. The van der Waals surface area contributed by atoms with E-state index in [9.17, 15) is 13.2 Å². The van der Waals surface area contributed by atoms with Crippen molar-refractivity contribution in [3.05, 3.63) is 50.9 Å². The third-order valence-electron chi connectivity index (χ3n) is 4.95. The van der Waals surface area contributed by atoms with Crippen molar-refractivity contribution in [3.8, 4) is 0 Å². The molecule has 0 aliphatic carbocycles. The molecule has 1 aliphatic heterocycles. The number of thiazole rings is 1. The van der Waals surface area contributed by atoms with Crippen LogP contribution in [0.25, 0.3) is 0 Å². The predicted molar refractivity (Wildman–Crippen MR) is 109 cm³/mol. The summed E-state index contributed by atoms with van der Waals surface area (Å²) < 4.78 is 43.6. The van der Waals surface area contributed by atoms with E-state index >= 15 is 0 Å². The molecule has 3 rings (SSSR count). The van der Waals surface area contributed by atoms with Crippen LogP contribution in [-0.2, 0) is 22.9 Å². The Labute approximate surface area is 176 Å². The van der Waals surface area contributed by atoms with E-state index in [1.807, 2.05) is 18.2 Å². The summed E-state index contributed by atoms with van der Waals surface area (Å²) in [6, 6.07) is 7.81. The molecule has 0 bridgehead atoms. The summed E-state index contributed by atoms with van der Waals surface area (Å²) in [5.41, 5.74) is 0.0983. The Morgan fingerprint density at radius 2 is 2.07 bits per heavy atom. The Morgan fingerprint density at radius 1 is 1.31 bits per heavy atom. The van der Waals surface area contributed by atoms with Gasteiger partial charge in [0, 0.05) is 42.6 Å². The topological polar surface area (TPSA) is 58.5 Å². The van der Waals surface area contributed by atoms with Crippen molar-refractivity contribution in [3.63, 3.8) is 0 Å². The summed E-state index contributed by atoms with van der Waals surface area (Å²) in [6.45, 7) is 2.06. The van der Waals surface area contributed by atoms with Crippen LogP contribution in [0.3, 0.4) is 0 Å². The maximum absolute atomic E-state index is 12.7. The standard InChI is InChI=1S/C19H22ClF3N4OS/c1-24-17(25-10-16-27-15(11-29-16)19(21,22)23)26-12-18(5-7-28-8-6-18)13-3-2-4-14(20)9-13/h2-4,9,11H,5-8,10,12H2,1H3,(H2,24,25,26). The van der Waals surface area contributed by atoms with Gasteiger partial charge in [0.1, 0.15) is 5.01 Å². The molecule has 0 atom stereocenters. The van der Waals surface area contributed by atoms with E-state index in [-0.39, 0.29) is 12.0 Å². The van der Waals surface area contributed by atoms with E-state index in [4.69, 9.17) is 16.3 Å². The lowest BCUT2D eigenvalue weighted by molar-refractivity contribution is -0.140. The van der Waals surface area contributed by atoms with Gasteiger partial charge < -0.3 is 15.4 Å². The van der Waals surface area contributed by atoms with Crippen LogP contribution in [0.2, 0.25) is 5.02 Å². The van der Waals surface area contributed by atoms with Crippen LogP contribution in [0.5, 0.6) is 0 Å². The zero-order valence-electron chi connectivity index (χ0n) is 15.9. The number of hydrogen-bond acceptors (Lipinski definition) is 4. The highest BCUT2D eigenvalue weighted by Crippen LogP contribution is 2.35. The molecule has 0 unspecified atom stereocenters. The van der Waals surface area contributed by atoms with Crippen LogP contribution in [-0.4, -0.2) is 37.7 Å². The SMILES string of the molecule is CN=C(NCc1nc(C(F)(F)F)cs1)NCC1(c2cccc(Cl)c2)CCOCC1. The largest absolute Gasteiger partial charge is 0.434 e. The summed E-state index contributed by atoms with van der Waals surface area (Å²) >= 11 is 7.16. The van der Waals surface area contributed by atoms with Gasteiger partial charge in [-0.2, -0.15) is 13.2 Å². The molecule has 0 saturated carbocycles. The molecule has 2 aromatic rings. The van der Waals surface area contributed by atoms with Gasteiger partial charge in [-0.05, 0) is 30.5 Å². The molecule has 2 heterocycles. The Morgan fingerprint density at radius 3 is 2.69 bits per heavy atom. The van der Waals surface area contributed by atoms with Crippen molar-refractivity contribution in [2.45, 2.75) is 31.0 Å². The number of aliphatic imine (C=N–C) groups is 1. The van der Waals surface area contributed by atoms with Crippen molar-refractivity contribution >= 4 is 28.9 Å². The molecule has 29 heavy (non-hydrogen) atoms. The summed E-state index contributed by atoms with van der Waals surface area (Å²) in [4.78, 5) is 7.80. The number of alkyl halides is 3. The highest BCUT2D eigenvalue weighted by atomic mass is 35.5. The fourth-order valence-electron chi connectivity index (χ4n) is 3.30. The number of guanidine groups is 1. The molecule has 1 aromatic heterocycles. The second kappa shape index (κ2) is 9.32. The number of ether oxygens (including phenoxy) is 1. The molecule has 158 valence electrons. The van der Waals surface area contributed by atoms with Gasteiger partial charge in [-0.15, -0.1) is 11.3 Å². The third kappa shape index (κ3) is 5.61. The minimum atomic E-state index is -4.43. The fourth-order valence-corrected chi connectivity index (χ4v) is 4.23. The lowest BCUT2D eigenvalue weighted by atomic mass is 9.74. The highest BCUT2D eigenvalue weighted by molar-refractivity contribution is 7.09. The first-order chi connectivity index (χ1) is 13.8. The van der Waals surface area contributed by atoms with Gasteiger partial charge in [-0.1, -0.05) is 23.7 Å². The first-order valence-electron chi connectivity index (χ1n) is 9.12. The van der Waals surface area contributed by atoms with Gasteiger partial charge >= 0.3 is 6.18 Å². The summed E-state index contributed by atoms with van der Waals surface area (Å²) in [7, 11) is 1.62. The second-order valence-electron chi connectivity index (χ2n) is 6.81. The maximum atomic E-state index is 12.7. The Balaban J connectivity index is 1.64.